The Kier molecular flexibility index (Phi) is 9.43. The molecule has 0 amide bonds. The molecule has 0 radical (unpaired) electrons. The number of fused-ring (bicyclic) bond motifs is 18. The molecule has 6 aromatic heterocycles. The third kappa shape index (κ3) is 6.77. The fourth-order valence-electron chi connectivity index (χ4n) is 13.7. The third-order valence-corrected chi connectivity index (χ3v) is 18.9. The SMILES string of the molecule is c1cc(-c2ccc3oc4ccc(-c5ccc6oc7ccc(-n8c9ccccc9c9ccccc98)cc7c6c5)cc4c3c2)cc(-c2ccc3oc4ccc(-c5ccc6sc7ccc(-n8c9ccccc9c9ccccc98)cc7c6c5)cc4c3c2)c1. The van der Waals surface area contributed by atoms with E-state index in [1.165, 1.54) is 75.0 Å². The minimum Gasteiger partial charge on any atom is -0.456 e. The Labute approximate surface area is 483 Å². The minimum absolute atomic E-state index is 0.861. The molecule has 0 bridgehead atoms. The second kappa shape index (κ2) is 17.3. The fraction of sp³-hybridized carbons (Fsp3) is 0. The molecule has 6 heterocycles. The molecule has 0 saturated carbocycles. The number of thiophene rings is 1. The van der Waals surface area contributed by atoms with Gasteiger partial charge in [-0.15, -0.1) is 11.3 Å². The van der Waals surface area contributed by atoms with E-state index in [2.05, 4.69) is 276 Å². The van der Waals surface area contributed by atoms with E-state index in [0.717, 1.165) is 110 Å². The van der Waals surface area contributed by atoms with Gasteiger partial charge in [0.1, 0.15) is 33.5 Å². The second-order valence-corrected chi connectivity index (χ2v) is 23.4. The molecule has 84 heavy (non-hydrogen) atoms. The van der Waals surface area contributed by atoms with E-state index in [1.54, 1.807) is 0 Å². The van der Waals surface area contributed by atoms with E-state index >= 15 is 0 Å². The first-order valence-electron chi connectivity index (χ1n) is 28.5. The average Bonchev–Trinajstić information content (AvgIpc) is 2.77. The van der Waals surface area contributed by atoms with Crippen molar-refractivity contribution in [3.63, 3.8) is 0 Å². The number of hydrogen-bond donors (Lipinski definition) is 0. The van der Waals surface area contributed by atoms with E-state index in [4.69, 9.17) is 13.3 Å². The fourth-order valence-corrected chi connectivity index (χ4v) is 14.8. The van der Waals surface area contributed by atoms with Crippen molar-refractivity contribution in [1.82, 2.24) is 9.13 Å². The standard InChI is InChI=1S/C78H44N2O3S/c1-5-16-67-55(12-1)56-13-2-6-17-68(56)79(67)53-26-33-76-64(43-53)63-41-50(23-32-75(63)83-76)49-22-30-73-61(39-49)59-37-47(20-28-71(59)81-73)45-10-9-11-46(36-45)48-21-29-72-60(38-48)62-40-51(24-31-74(62)82-72)52-25-34-77-65(42-52)66-44-54(27-35-78(66)84-77)80-69-18-7-3-14-57(69)58-15-4-8-19-70(58)80/h1-44H. The van der Waals surface area contributed by atoms with Crippen LogP contribution in [0.4, 0.5) is 0 Å². The first-order chi connectivity index (χ1) is 41.6. The van der Waals surface area contributed by atoms with Crippen molar-refractivity contribution in [2.45, 2.75) is 0 Å². The maximum Gasteiger partial charge on any atom is 0.135 e. The average molecular weight is 1090 g/mol. The summed E-state index contributed by atoms with van der Waals surface area (Å²) in [5, 5.41) is 14.1. The van der Waals surface area contributed by atoms with Crippen LogP contribution in [0.5, 0.6) is 0 Å². The Balaban J connectivity index is 0.650. The molecule has 0 unspecified atom stereocenters. The van der Waals surface area contributed by atoms with Crippen LogP contribution in [0.1, 0.15) is 0 Å². The zero-order valence-electron chi connectivity index (χ0n) is 44.9. The third-order valence-electron chi connectivity index (χ3n) is 17.7. The van der Waals surface area contributed by atoms with Crippen LogP contribution in [0.3, 0.4) is 0 Å². The van der Waals surface area contributed by atoms with Crippen molar-refractivity contribution in [1.29, 1.82) is 0 Å². The summed E-state index contributed by atoms with van der Waals surface area (Å²) in [6.45, 7) is 0. The van der Waals surface area contributed by atoms with Crippen molar-refractivity contribution in [2.75, 3.05) is 0 Å². The van der Waals surface area contributed by atoms with Gasteiger partial charge >= 0.3 is 0 Å². The topological polar surface area (TPSA) is 49.3 Å². The van der Waals surface area contributed by atoms with Crippen molar-refractivity contribution in [3.05, 3.63) is 267 Å². The highest BCUT2D eigenvalue weighted by molar-refractivity contribution is 7.25. The largest absolute Gasteiger partial charge is 0.456 e. The van der Waals surface area contributed by atoms with E-state index in [-0.39, 0.29) is 0 Å². The zero-order chi connectivity index (χ0) is 54.7. The molecule has 5 nitrogen and oxygen atoms in total. The van der Waals surface area contributed by atoms with Gasteiger partial charge in [0.15, 0.2) is 0 Å². The Morgan fingerprint density at radius 2 is 0.476 bits per heavy atom. The van der Waals surface area contributed by atoms with Gasteiger partial charge < -0.3 is 22.4 Å². The highest BCUT2D eigenvalue weighted by atomic mass is 32.1. The smallest absolute Gasteiger partial charge is 0.135 e. The Hall–Kier alpha value is -10.9. The number of benzene rings is 13. The van der Waals surface area contributed by atoms with Crippen molar-refractivity contribution >= 4 is 141 Å². The molecule has 13 aromatic carbocycles. The predicted molar refractivity (Wildman–Crippen MR) is 352 cm³/mol. The monoisotopic (exact) mass is 1090 g/mol. The highest BCUT2D eigenvalue weighted by Crippen LogP contribution is 2.44. The van der Waals surface area contributed by atoms with Crippen LogP contribution < -0.4 is 0 Å². The summed E-state index contributed by atoms with van der Waals surface area (Å²) >= 11 is 1.85. The molecule has 0 atom stereocenters. The summed E-state index contributed by atoms with van der Waals surface area (Å²) in [4.78, 5) is 0. The Morgan fingerprint density at radius 3 is 0.869 bits per heavy atom. The quantitative estimate of drug-likeness (QED) is 0.167. The molecule has 6 heteroatoms. The molecule has 0 spiro atoms. The molecule has 0 saturated heterocycles. The number of para-hydroxylation sites is 4. The molecular weight excluding hydrogens is 1040 g/mol. The molecule has 19 aromatic rings. The van der Waals surface area contributed by atoms with Crippen LogP contribution in [-0.2, 0) is 0 Å². The molecule has 19 rings (SSSR count). The summed E-state index contributed by atoms with van der Waals surface area (Å²) in [6, 6.07) is 96.9. The van der Waals surface area contributed by atoms with Crippen LogP contribution >= 0.6 is 11.3 Å². The van der Waals surface area contributed by atoms with Gasteiger partial charge in [-0.3, -0.25) is 0 Å². The lowest BCUT2D eigenvalue weighted by atomic mass is 9.96. The number of rotatable bonds is 6. The van der Waals surface area contributed by atoms with Crippen molar-refractivity contribution in [2.24, 2.45) is 0 Å². The van der Waals surface area contributed by atoms with Gasteiger partial charge in [-0.05, 0) is 184 Å². The van der Waals surface area contributed by atoms with Gasteiger partial charge in [-0.1, -0.05) is 127 Å². The zero-order valence-corrected chi connectivity index (χ0v) is 45.7. The van der Waals surface area contributed by atoms with Gasteiger partial charge in [-0.25, -0.2) is 0 Å². The van der Waals surface area contributed by atoms with Gasteiger partial charge in [0.25, 0.3) is 0 Å². The van der Waals surface area contributed by atoms with E-state index < -0.39 is 0 Å². The van der Waals surface area contributed by atoms with Gasteiger partial charge in [0.05, 0.1) is 22.1 Å². The molecule has 0 aliphatic rings. The van der Waals surface area contributed by atoms with Crippen LogP contribution in [0.15, 0.2) is 280 Å². The molecule has 0 aliphatic carbocycles. The van der Waals surface area contributed by atoms with Gasteiger partial charge in [0, 0.05) is 85.4 Å². The summed E-state index contributed by atoms with van der Waals surface area (Å²) in [6.07, 6.45) is 0. The number of aromatic nitrogens is 2. The minimum atomic E-state index is 0.861. The highest BCUT2D eigenvalue weighted by Gasteiger charge is 2.19. The molecule has 0 fully saturated rings. The normalized spacial score (nSPS) is 12.3. The van der Waals surface area contributed by atoms with Crippen LogP contribution in [0.2, 0.25) is 0 Å². The number of hydrogen-bond acceptors (Lipinski definition) is 4. The maximum atomic E-state index is 6.52. The van der Waals surface area contributed by atoms with Gasteiger partial charge in [0.2, 0.25) is 0 Å². The predicted octanol–water partition coefficient (Wildman–Crippen LogP) is 22.6. The lowest BCUT2D eigenvalue weighted by Crippen LogP contribution is -1.93. The molecular formula is C78H44N2O3S. The first-order valence-corrected chi connectivity index (χ1v) is 29.3. The van der Waals surface area contributed by atoms with Gasteiger partial charge in [-0.2, -0.15) is 0 Å². The number of nitrogens with zero attached hydrogens (tertiary/aromatic N) is 2. The van der Waals surface area contributed by atoms with E-state index in [1.807, 2.05) is 11.3 Å². The van der Waals surface area contributed by atoms with Crippen LogP contribution in [0, 0.1) is 0 Å². The Morgan fingerprint density at radius 1 is 0.202 bits per heavy atom. The molecule has 0 aliphatic heterocycles. The van der Waals surface area contributed by atoms with Crippen LogP contribution in [-0.4, -0.2) is 9.13 Å². The maximum absolute atomic E-state index is 6.52. The summed E-state index contributed by atoms with van der Waals surface area (Å²) < 4.78 is 26.8. The summed E-state index contributed by atoms with van der Waals surface area (Å²) in [7, 11) is 0. The summed E-state index contributed by atoms with van der Waals surface area (Å²) in [5.74, 6) is 0. The molecule has 0 N–H and O–H groups in total. The Bertz CT molecular complexity index is 5540. The molecule has 390 valence electrons. The van der Waals surface area contributed by atoms with Crippen molar-refractivity contribution in [3.8, 4) is 55.9 Å². The van der Waals surface area contributed by atoms with E-state index in [0.29, 0.717) is 0 Å². The van der Waals surface area contributed by atoms with Crippen molar-refractivity contribution < 1.29 is 13.3 Å². The van der Waals surface area contributed by atoms with Crippen LogP contribution in [0.25, 0.3) is 185 Å². The van der Waals surface area contributed by atoms with E-state index in [9.17, 15) is 0 Å². The number of furan rings is 3. The summed E-state index contributed by atoms with van der Waals surface area (Å²) in [5.41, 5.74) is 21.4. The lowest BCUT2D eigenvalue weighted by Gasteiger charge is -2.08. The second-order valence-electron chi connectivity index (χ2n) is 22.4. The lowest BCUT2D eigenvalue weighted by molar-refractivity contribution is 0.668. The first kappa shape index (κ1) is 45.8.